The third kappa shape index (κ3) is 3.52. The quantitative estimate of drug-likeness (QED) is 0.703. The molecule has 1 amide bonds. The van der Waals surface area contributed by atoms with Gasteiger partial charge in [0.2, 0.25) is 0 Å². The Labute approximate surface area is 151 Å². The van der Waals surface area contributed by atoms with Crippen LogP contribution in [0, 0.1) is 5.82 Å². The van der Waals surface area contributed by atoms with Crippen LogP contribution in [0.1, 0.15) is 20.7 Å². The number of carbonyl (C=O) groups is 2. The van der Waals surface area contributed by atoms with E-state index in [0.29, 0.717) is 5.02 Å². The molecule has 0 atom stereocenters. The molecule has 10 heteroatoms. The molecular weight excluding hydrogens is 365 g/mol. The number of benzene rings is 2. The van der Waals surface area contributed by atoms with Crippen molar-refractivity contribution in [1.82, 2.24) is 20.2 Å². The Morgan fingerprint density at radius 1 is 1.19 bits per heavy atom. The summed E-state index contributed by atoms with van der Waals surface area (Å²) in [5.41, 5.74) is 0.501. The van der Waals surface area contributed by atoms with Crippen LogP contribution >= 0.6 is 11.6 Å². The van der Waals surface area contributed by atoms with E-state index in [9.17, 15) is 14.0 Å². The van der Waals surface area contributed by atoms with E-state index in [1.54, 1.807) is 0 Å². The fraction of sp³-hybridized carbons (Fsp3) is 0.0625. The Hall–Kier alpha value is -3.33. The molecule has 0 aliphatic carbocycles. The van der Waals surface area contributed by atoms with Crippen molar-refractivity contribution in [2.75, 3.05) is 12.4 Å². The van der Waals surface area contributed by atoms with Gasteiger partial charge in [0.1, 0.15) is 12.1 Å². The predicted octanol–water partition coefficient (Wildman–Crippen LogP) is 2.49. The molecule has 0 radical (unpaired) electrons. The number of methoxy groups -OCH3 is 1. The highest BCUT2D eigenvalue weighted by molar-refractivity contribution is 6.31. The Morgan fingerprint density at radius 2 is 1.96 bits per heavy atom. The molecule has 3 rings (SSSR count). The first kappa shape index (κ1) is 17.5. The summed E-state index contributed by atoms with van der Waals surface area (Å²) in [6.45, 7) is 0. The van der Waals surface area contributed by atoms with Crippen LogP contribution in [0.15, 0.2) is 42.7 Å². The van der Waals surface area contributed by atoms with E-state index in [-0.39, 0.29) is 22.5 Å². The first-order valence-electron chi connectivity index (χ1n) is 7.21. The molecule has 0 fully saturated rings. The summed E-state index contributed by atoms with van der Waals surface area (Å²) < 4.78 is 19.4. The maximum Gasteiger partial charge on any atom is 0.339 e. The average molecular weight is 376 g/mol. The van der Waals surface area contributed by atoms with Crippen LogP contribution in [0.5, 0.6) is 0 Å². The van der Waals surface area contributed by atoms with E-state index >= 15 is 0 Å². The van der Waals surface area contributed by atoms with Crippen molar-refractivity contribution in [3.63, 3.8) is 0 Å². The molecule has 0 unspecified atom stereocenters. The smallest absolute Gasteiger partial charge is 0.339 e. The number of tetrazole rings is 1. The molecule has 1 N–H and O–H groups in total. The fourth-order valence-electron chi connectivity index (χ4n) is 2.26. The number of anilines is 1. The van der Waals surface area contributed by atoms with Crippen LogP contribution in [0.4, 0.5) is 10.1 Å². The Bertz CT molecular complexity index is 978. The van der Waals surface area contributed by atoms with Crippen LogP contribution < -0.4 is 5.32 Å². The molecule has 2 aromatic carbocycles. The fourth-order valence-corrected chi connectivity index (χ4v) is 2.43. The zero-order chi connectivity index (χ0) is 18.7. The summed E-state index contributed by atoms with van der Waals surface area (Å²) in [5, 5.41) is 13.5. The number of esters is 1. The highest BCUT2D eigenvalue weighted by atomic mass is 35.5. The van der Waals surface area contributed by atoms with Gasteiger partial charge in [0.05, 0.1) is 29.6 Å². The molecule has 1 heterocycles. The van der Waals surface area contributed by atoms with E-state index in [1.165, 1.54) is 37.7 Å². The summed E-state index contributed by atoms with van der Waals surface area (Å²) in [4.78, 5) is 24.6. The molecule has 0 aliphatic rings. The number of nitrogens with zero attached hydrogens (tertiary/aromatic N) is 4. The molecular formula is C16H11ClFN5O3. The second-order valence-corrected chi connectivity index (χ2v) is 5.49. The van der Waals surface area contributed by atoms with Gasteiger partial charge in [0.25, 0.3) is 5.91 Å². The van der Waals surface area contributed by atoms with Gasteiger partial charge in [0.15, 0.2) is 0 Å². The van der Waals surface area contributed by atoms with Crippen molar-refractivity contribution in [2.45, 2.75) is 0 Å². The topological polar surface area (TPSA) is 99.0 Å². The van der Waals surface area contributed by atoms with Gasteiger partial charge in [-0.15, -0.1) is 5.10 Å². The molecule has 26 heavy (non-hydrogen) atoms. The minimum absolute atomic E-state index is 0.0921. The normalized spacial score (nSPS) is 10.4. The van der Waals surface area contributed by atoms with Gasteiger partial charge in [0, 0.05) is 11.1 Å². The Morgan fingerprint density at radius 3 is 2.65 bits per heavy atom. The number of hydrogen-bond acceptors (Lipinski definition) is 6. The van der Waals surface area contributed by atoms with E-state index in [4.69, 9.17) is 11.6 Å². The monoisotopic (exact) mass is 375 g/mol. The van der Waals surface area contributed by atoms with Gasteiger partial charge in [-0.3, -0.25) is 4.79 Å². The highest BCUT2D eigenvalue weighted by Crippen LogP contribution is 2.24. The number of amides is 1. The number of ether oxygens (including phenoxy) is 1. The van der Waals surface area contributed by atoms with Crippen LogP contribution in [0.3, 0.4) is 0 Å². The third-order valence-electron chi connectivity index (χ3n) is 3.44. The summed E-state index contributed by atoms with van der Waals surface area (Å²) in [6.07, 6.45) is 1.23. The molecule has 1 aromatic heterocycles. The van der Waals surface area contributed by atoms with Crippen LogP contribution in [0.25, 0.3) is 5.69 Å². The lowest BCUT2D eigenvalue weighted by atomic mass is 10.1. The maximum absolute atomic E-state index is 13.6. The SMILES string of the molecule is COC(=O)c1ccc(Cl)cc1NC(=O)c1ccc(F)cc1-n1cnnn1. The van der Waals surface area contributed by atoms with Crippen molar-refractivity contribution in [1.29, 1.82) is 0 Å². The summed E-state index contributed by atoms with van der Waals surface area (Å²) in [7, 11) is 1.22. The van der Waals surface area contributed by atoms with Gasteiger partial charge in [-0.05, 0) is 40.8 Å². The predicted molar refractivity (Wildman–Crippen MR) is 89.9 cm³/mol. The van der Waals surface area contributed by atoms with Gasteiger partial charge in [-0.2, -0.15) is 4.68 Å². The molecule has 132 valence electrons. The van der Waals surface area contributed by atoms with E-state index < -0.39 is 17.7 Å². The van der Waals surface area contributed by atoms with Crippen molar-refractivity contribution in [3.8, 4) is 5.69 Å². The van der Waals surface area contributed by atoms with Gasteiger partial charge in [-0.25, -0.2) is 9.18 Å². The molecule has 3 aromatic rings. The van der Waals surface area contributed by atoms with Gasteiger partial charge < -0.3 is 10.1 Å². The summed E-state index contributed by atoms with van der Waals surface area (Å²) in [5.74, 6) is -1.82. The number of carbonyl (C=O) groups excluding carboxylic acids is 2. The summed E-state index contributed by atoms with van der Waals surface area (Å²) >= 11 is 5.94. The average Bonchev–Trinajstić information content (AvgIpc) is 3.15. The van der Waals surface area contributed by atoms with E-state index in [2.05, 4.69) is 25.6 Å². The molecule has 8 nitrogen and oxygen atoms in total. The lowest BCUT2D eigenvalue weighted by Crippen LogP contribution is -2.18. The molecule has 0 saturated carbocycles. The number of halogens is 2. The lowest BCUT2D eigenvalue weighted by Gasteiger charge is -2.12. The van der Waals surface area contributed by atoms with Crippen molar-refractivity contribution in [3.05, 3.63) is 64.7 Å². The maximum atomic E-state index is 13.6. The number of nitrogens with one attached hydrogen (secondary N) is 1. The highest BCUT2D eigenvalue weighted by Gasteiger charge is 2.19. The van der Waals surface area contributed by atoms with Crippen LogP contribution in [-0.2, 0) is 4.74 Å². The van der Waals surface area contributed by atoms with Crippen molar-refractivity contribution < 1.29 is 18.7 Å². The van der Waals surface area contributed by atoms with Gasteiger partial charge >= 0.3 is 5.97 Å². The van der Waals surface area contributed by atoms with Crippen LogP contribution in [0.2, 0.25) is 5.02 Å². The van der Waals surface area contributed by atoms with Crippen molar-refractivity contribution >= 4 is 29.2 Å². The lowest BCUT2D eigenvalue weighted by molar-refractivity contribution is 0.0602. The standard InChI is InChI=1S/C16H11ClFN5O3/c1-26-16(25)11-4-2-9(17)6-13(11)20-15(24)12-5-3-10(18)7-14(12)23-8-19-21-22-23/h2-8H,1H3,(H,20,24). The zero-order valence-corrected chi connectivity index (χ0v) is 14.1. The second kappa shape index (κ2) is 7.28. The molecule has 0 bridgehead atoms. The first-order valence-corrected chi connectivity index (χ1v) is 7.59. The largest absolute Gasteiger partial charge is 0.465 e. The minimum Gasteiger partial charge on any atom is -0.465 e. The Balaban J connectivity index is 2.00. The van der Waals surface area contributed by atoms with Gasteiger partial charge in [-0.1, -0.05) is 11.6 Å². The van der Waals surface area contributed by atoms with E-state index in [0.717, 1.165) is 16.8 Å². The zero-order valence-electron chi connectivity index (χ0n) is 13.3. The third-order valence-corrected chi connectivity index (χ3v) is 3.67. The second-order valence-electron chi connectivity index (χ2n) is 5.05. The number of hydrogen-bond donors (Lipinski definition) is 1. The summed E-state index contributed by atoms with van der Waals surface area (Å²) in [6, 6.07) is 7.85. The van der Waals surface area contributed by atoms with E-state index in [1.807, 2.05) is 0 Å². The molecule has 0 spiro atoms. The molecule has 0 saturated heterocycles. The first-order chi connectivity index (χ1) is 12.5. The minimum atomic E-state index is -0.642. The number of aromatic nitrogens is 4. The molecule has 0 aliphatic heterocycles. The number of rotatable bonds is 4. The Kier molecular flexibility index (Phi) is 4.90. The van der Waals surface area contributed by atoms with Crippen LogP contribution in [-0.4, -0.2) is 39.2 Å². The van der Waals surface area contributed by atoms with Crippen molar-refractivity contribution in [2.24, 2.45) is 0 Å².